The second-order valence-electron chi connectivity index (χ2n) is 11.5. The third kappa shape index (κ3) is 4.14. The van der Waals surface area contributed by atoms with Crippen LogP contribution in [0.15, 0.2) is 157 Å². The number of hydrogen-bond donors (Lipinski definition) is 2. The number of amidine groups is 1. The van der Waals surface area contributed by atoms with Crippen molar-refractivity contribution in [3.63, 3.8) is 0 Å². The molecule has 0 spiro atoms. The number of fused-ring (bicyclic) bond motifs is 8. The van der Waals surface area contributed by atoms with E-state index in [0.29, 0.717) is 11.2 Å². The molecule has 0 aliphatic heterocycles. The van der Waals surface area contributed by atoms with Crippen LogP contribution in [0.25, 0.3) is 71.2 Å². The number of H-pyrrole nitrogens is 1. The van der Waals surface area contributed by atoms with E-state index in [-0.39, 0.29) is 5.84 Å². The summed E-state index contributed by atoms with van der Waals surface area (Å²) in [6.07, 6.45) is 0. The Morgan fingerprint density at radius 3 is 1.78 bits per heavy atom. The van der Waals surface area contributed by atoms with Gasteiger partial charge in [0, 0.05) is 33.0 Å². The number of para-hydroxylation sites is 1. The van der Waals surface area contributed by atoms with Crippen LogP contribution >= 0.6 is 0 Å². The van der Waals surface area contributed by atoms with Crippen molar-refractivity contribution in [1.29, 1.82) is 5.41 Å². The van der Waals surface area contributed by atoms with E-state index in [4.69, 9.17) is 10.4 Å². The molecular weight excluding hydrogens is 562 g/mol. The van der Waals surface area contributed by atoms with Crippen molar-refractivity contribution in [3.05, 3.63) is 163 Å². The molecular formula is C41H27N5. The van der Waals surface area contributed by atoms with Crippen molar-refractivity contribution in [3.8, 4) is 16.9 Å². The van der Waals surface area contributed by atoms with Crippen LogP contribution < -0.4 is 5.62 Å². The summed E-state index contributed by atoms with van der Waals surface area (Å²) in [5.41, 5.74) is 7.21. The first-order chi connectivity index (χ1) is 22.7. The standard InChI is InChI=1S/C41H27N5/c42-40(45-41-43-34-17-9-8-16-33(34)39(44-41)28-12-2-1-3-13-28)29-18-22-30(23-19-29)46-35-24-20-26-10-4-6-14-31(26)37(35)38-32-15-7-5-11-27(32)21-25-36(38)46/h1-25H,(H2,42,43,44,45). The van der Waals surface area contributed by atoms with Gasteiger partial charge in [-0.15, -0.1) is 0 Å². The Balaban J connectivity index is 1.18. The lowest BCUT2D eigenvalue weighted by Gasteiger charge is -2.10. The minimum atomic E-state index is 0.142. The molecule has 216 valence electrons. The first kappa shape index (κ1) is 26.1. The number of hydrogen-bond acceptors (Lipinski definition) is 2. The maximum absolute atomic E-state index is 8.90. The first-order valence-electron chi connectivity index (χ1n) is 15.4. The number of aromatic amines is 1. The van der Waals surface area contributed by atoms with E-state index in [1.165, 1.54) is 32.3 Å². The number of rotatable bonds is 3. The monoisotopic (exact) mass is 589 g/mol. The Kier molecular flexibility index (Phi) is 5.90. The summed E-state index contributed by atoms with van der Waals surface area (Å²) < 4.78 is 2.33. The zero-order valence-electron chi connectivity index (χ0n) is 24.8. The maximum Gasteiger partial charge on any atom is 0.229 e. The van der Waals surface area contributed by atoms with Gasteiger partial charge in [-0.2, -0.15) is 4.99 Å². The van der Waals surface area contributed by atoms with Gasteiger partial charge in [-0.05, 0) is 64.0 Å². The van der Waals surface area contributed by atoms with Crippen LogP contribution in [0.4, 0.5) is 0 Å². The molecule has 0 aliphatic carbocycles. The normalized spacial score (nSPS) is 12.1. The molecule has 2 aromatic heterocycles. The minimum absolute atomic E-state index is 0.142. The van der Waals surface area contributed by atoms with Gasteiger partial charge in [-0.1, -0.05) is 109 Å². The fraction of sp³-hybridized carbons (Fsp3) is 0. The topological polar surface area (TPSA) is 69.8 Å². The largest absolute Gasteiger partial charge is 0.323 e. The van der Waals surface area contributed by atoms with Gasteiger partial charge in [0.25, 0.3) is 0 Å². The van der Waals surface area contributed by atoms with Crippen molar-refractivity contribution >= 4 is 60.1 Å². The van der Waals surface area contributed by atoms with Crippen LogP contribution in [-0.2, 0) is 0 Å². The average Bonchev–Trinajstić information content (AvgIpc) is 3.47. The second kappa shape index (κ2) is 10.4. The van der Waals surface area contributed by atoms with E-state index in [1.807, 2.05) is 60.7 Å². The van der Waals surface area contributed by atoms with Gasteiger partial charge in [-0.25, -0.2) is 4.98 Å². The Hall–Kier alpha value is -6.33. The van der Waals surface area contributed by atoms with Crippen LogP contribution in [0, 0.1) is 5.41 Å². The van der Waals surface area contributed by atoms with E-state index in [1.54, 1.807) is 0 Å². The second-order valence-corrected chi connectivity index (χ2v) is 11.5. The quantitative estimate of drug-likeness (QED) is 0.156. The predicted octanol–water partition coefficient (Wildman–Crippen LogP) is 9.56. The number of aromatic nitrogens is 3. The lowest BCUT2D eigenvalue weighted by molar-refractivity contribution is 1.05. The van der Waals surface area contributed by atoms with Crippen LogP contribution in [-0.4, -0.2) is 20.4 Å². The molecule has 0 bridgehead atoms. The van der Waals surface area contributed by atoms with Gasteiger partial charge in [0.15, 0.2) is 5.84 Å². The molecule has 0 amide bonds. The zero-order chi connectivity index (χ0) is 30.6. The van der Waals surface area contributed by atoms with Crippen molar-refractivity contribution in [1.82, 2.24) is 14.5 Å². The highest BCUT2D eigenvalue weighted by molar-refractivity contribution is 6.28. The lowest BCUT2D eigenvalue weighted by atomic mass is 10.00. The highest BCUT2D eigenvalue weighted by Crippen LogP contribution is 2.40. The van der Waals surface area contributed by atoms with Crippen LogP contribution in [0.1, 0.15) is 5.56 Å². The summed E-state index contributed by atoms with van der Waals surface area (Å²) in [5.74, 6) is 0.142. The van der Waals surface area contributed by atoms with Crippen molar-refractivity contribution in [2.24, 2.45) is 4.99 Å². The fourth-order valence-corrected chi connectivity index (χ4v) is 6.75. The fourth-order valence-electron chi connectivity index (χ4n) is 6.75. The summed E-state index contributed by atoms with van der Waals surface area (Å²) in [6.45, 7) is 0. The maximum atomic E-state index is 8.90. The predicted molar refractivity (Wildman–Crippen MR) is 190 cm³/mol. The van der Waals surface area contributed by atoms with E-state index in [9.17, 15) is 0 Å². The Morgan fingerprint density at radius 1 is 0.565 bits per heavy atom. The zero-order valence-corrected chi connectivity index (χ0v) is 24.8. The smallest absolute Gasteiger partial charge is 0.229 e. The van der Waals surface area contributed by atoms with Crippen LogP contribution in [0.5, 0.6) is 0 Å². The van der Waals surface area contributed by atoms with Crippen molar-refractivity contribution in [2.45, 2.75) is 0 Å². The van der Waals surface area contributed by atoms with Crippen molar-refractivity contribution in [2.75, 3.05) is 0 Å². The molecule has 0 aliphatic rings. The molecule has 46 heavy (non-hydrogen) atoms. The van der Waals surface area contributed by atoms with Crippen LogP contribution in [0.2, 0.25) is 0 Å². The van der Waals surface area contributed by atoms with Gasteiger partial charge in [-0.3, -0.25) is 5.41 Å². The van der Waals surface area contributed by atoms with E-state index >= 15 is 0 Å². The van der Waals surface area contributed by atoms with Gasteiger partial charge < -0.3 is 9.55 Å². The summed E-state index contributed by atoms with van der Waals surface area (Å²) in [7, 11) is 0. The number of nitrogens with zero attached hydrogens (tertiary/aromatic N) is 3. The Bertz CT molecular complexity index is 2610. The van der Waals surface area contributed by atoms with Gasteiger partial charge in [0.1, 0.15) is 0 Å². The van der Waals surface area contributed by atoms with Gasteiger partial charge in [0.2, 0.25) is 5.62 Å². The number of benzene rings is 7. The molecule has 7 aromatic carbocycles. The molecule has 5 heteroatoms. The van der Waals surface area contributed by atoms with Gasteiger partial charge >= 0.3 is 0 Å². The molecule has 9 rings (SSSR count). The molecule has 0 radical (unpaired) electrons. The SMILES string of the molecule is N=C(N=c1nc(-c2ccccc2)c2ccccc2[nH]1)c1ccc(-n2c3ccc4ccccc4c3c3c4ccccc4ccc32)cc1. The van der Waals surface area contributed by atoms with E-state index < -0.39 is 0 Å². The third-order valence-corrected chi connectivity index (χ3v) is 8.86. The van der Waals surface area contributed by atoms with E-state index in [0.717, 1.165) is 38.9 Å². The summed E-state index contributed by atoms with van der Waals surface area (Å²) in [5, 5.41) is 17.4. The lowest BCUT2D eigenvalue weighted by Crippen LogP contribution is -2.17. The molecule has 2 N–H and O–H groups in total. The molecule has 0 atom stereocenters. The van der Waals surface area contributed by atoms with Gasteiger partial charge in [0.05, 0.1) is 22.2 Å². The van der Waals surface area contributed by atoms with Crippen molar-refractivity contribution < 1.29 is 0 Å². The molecule has 9 aromatic rings. The average molecular weight is 590 g/mol. The summed E-state index contributed by atoms with van der Waals surface area (Å²) >= 11 is 0. The highest BCUT2D eigenvalue weighted by Gasteiger charge is 2.17. The molecule has 0 fully saturated rings. The minimum Gasteiger partial charge on any atom is -0.323 e. The number of nitrogens with one attached hydrogen (secondary N) is 2. The molecule has 0 saturated carbocycles. The van der Waals surface area contributed by atoms with Crippen LogP contribution in [0.3, 0.4) is 0 Å². The molecule has 0 unspecified atom stereocenters. The summed E-state index contributed by atoms with van der Waals surface area (Å²) in [4.78, 5) is 12.8. The molecule has 2 heterocycles. The molecule has 5 nitrogen and oxygen atoms in total. The highest BCUT2D eigenvalue weighted by atomic mass is 15.0. The molecule has 0 saturated heterocycles. The van der Waals surface area contributed by atoms with E-state index in [2.05, 4.69) is 106 Å². The Labute approximate surface area is 264 Å². The Morgan fingerprint density at radius 2 is 1.13 bits per heavy atom. The third-order valence-electron chi connectivity index (χ3n) is 8.86. The first-order valence-corrected chi connectivity index (χ1v) is 15.4. The summed E-state index contributed by atoms with van der Waals surface area (Å²) in [6, 6.07) is 52.3.